The standard InChI is InChI=1S/C9H17N3O2S/c1-10-3-4-11(2)8(13)7-12-5-6-15-9(12)14/h10H,3-7H2,1-2H3. The summed E-state index contributed by atoms with van der Waals surface area (Å²) in [5.74, 6) is 0.799. The number of hydrogen-bond donors (Lipinski definition) is 1. The molecule has 0 radical (unpaired) electrons. The Morgan fingerprint density at radius 2 is 2.40 bits per heavy atom. The van der Waals surface area contributed by atoms with E-state index in [1.54, 1.807) is 16.8 Å². The molecule has 0 spiro atoms. The van der Waals surface area contributed by atoms with Crippen LogP contribution in [0.2, 0.25) is 0 Å². The summed E-state index contributed by atoms with van der Waals surface area (Å²) in [7, 11) is 3.60. The van der Waals surface area contributed by atoms with Crippen LogP contribution in [0.5, 0.6) is 0 Å². The summed E-state index contributed by atoms with van der Waals surface area (Å²) in [6.45, 7) is 2.34. The molecule has 0 aromatic heterocycles. The van der Waals surface area contributed by atoms with Gasteiger partial charge in [-0.25, -0.2) is 0 Å². The zero-order chi connectivity index (χ0) is 11.3. The van der Waals surface area contributed by atoms with Gasteiger partial charge in [-0.3, -0.25) is 9.59 Å². The largest absolute Gasteiger partial charge is 0.343 e. The molecule has 1 heterocycles. The summed E-state index contributed by atoms with van der Waals surface area (Å²) in [6, 6.07) is 0. The normalized spacial score (nSPS) is 15.9. The van der Waals surface area contributed by atoms with Crippen LogP contribution >= 0.6 is 11.8 Å². The van der Waals surface area contributed by atoms with Crippen LogP contribution in [0.3, 0.4) is 0 Å². The number of rotatable bonds is 5. The Morgan fingerprint density at radius 1 is 1.67 bits per heavy atom. The van der Waals surface area contributed by atoms with Gasteiger partial charge in [0.2, 0.25) is 5.91 Å². The van der Waals surface area contributed by atoms with E-state index in [2.05, 4.69) is 5.32 Å². The first-order valence-corrected chi connectivity index (χ1v) is 5.94. The molecule has 0 bridgehead atoms. The highest BCUT2D eigenvalue weighted by molar-refractivity contribution is 8.13. The van der Waals surface area contributed by atoms with Gasteiger partial charge in [0.25, 0.3) is 5.24 Å². The number of carbonyl (C=O) groups is 2. The van der Waals surface area contributed by atoms with Gasteiger partial charge >= 0.3 is 0 Å². The van der Waals surface area contributed by atoms with E-state index in [9.17, 15) is 9.59 Å². The van der Waals surface area contributed by atoms with Crippen molar-refractivity contribution in [2.24, 2.45) is 0 Å². The summed E-state index contributed by atoms with van der Waals surface area (Å²) in [5, 5.41) is 3.00. The highest BCUT2D eigenvalue weighted by Gasteiger charge is 2.24. The molecular weight excluding hydrogens is 214 g/mol. The first-order chi connectivity index (χ1) is 7.15. The molecular formula is C9H17N3O2S. The van der Waals surface area contributed by atoms with Crippen LogP contribution < -0.4 is 5.32 Å². The fourth-order valence-electron chi connectivity index (χ4n) is 1.26. The maximum Gasteiger partial charge on any atom is 0.282 e. The number of carbonyl (C=O) groups excluding carboxylic acids is 2. The highest BCUT2D eigenvalue weighted by atomic mass is 32.2. The SMILES string of the molecule is CNCCN(C)C(=O)CN1CCSC1=O. The van der Waals surface area contributed by atoms with E-state index in [1.165, 1.54) is 11.8 Å². The van der Waals surface area contributed by atoms with Crippen molar-refractivity contribution in [1.82, 2.24) is 15.1 Å². The predicted molar refractivity (Wildman–Crippen MR) is 61.0 cm³/mol. The van der Waals surface area contributed by atoms with Crippen molar-refractivity contribution in [1.29, 1.82) is 0 Å². The zero-order valence-electron chi connectivity index (χ0n) is 9.15. The van der Waals surface area contributed by atoms with Crippen LogP contribution in [0.15, 0.2) is 0 Å². The molecule has 1 saturated heterocycles. The Bertz CT molecular complexity index is 248. The molecule has 1 aliphatic heterocycles. The number of thioether (sulfide) groups is 1. The molecule has 6 heteroatoms. The van der Waals surface area contributed by atoms with E-state index >= 15 is 0 Å². The average molecular weight is 231 g/mol. The average Bonchev–Trinajstić information content (AvgIpc) is 2.61. The molecule has 0 aromatic rings. The van der Waals surface area contributed by atoms with Gasteiger partial charge < -0.3 is 15.1 Å². The molecule has 1 aliphatic rings. The van der Waals surface area contributed by atoms with Gasteiger partial charge in [0, 0.05) is 32.4 Å². The van der Waals surface area contributed by atoms with Gasteiger partial charge in [0.05, 0.1) is 0 Å². The van der Waals surface area contributed by atoms with Crippen LogP contribution in [0.4, 0.5) is 4.79 Å². The van der Waals surface area contributed by atoms with Crippen molar-refractivity contribution >= 4 is 22.9 Å². The smallest absolute Gasteiger partial charge is 0.282 e. The third-order valence-electron chi connectivity index (χ3n) is 2.29. The molecule has 0 unspecified atom stereocenters. The second kappa shape index (κ2) is 5.97. The second-order valence-electron chi connectivity index (χ2n) is 3.45. The zero-order valence-corrected chi connectivity index (χ0v) is 9.97. The van der Waals surface area contributed by atoms with E-state index in [0.717, 1.165) is 12.3 Å². The van der Waals surface area contributed by atoms with Gasteiger partial charge in [-0.15, -0.1) is 0 Å². The molecule has 1 rings (SSSR count). The topological polar surface area (TPSA) is 52.7 Å². The Labute approximate surface area is 94.2 Å². The van der Waals surface area contributed by atoms with Crippen LogP contribution in [-0.2, 0) is 4.79 Å². The fourth-order valence-corrected chi connectivity index (χ4v) is 2.08. The maximum absolute atomic E-state index is 11.6. The number of amides is 2. The summed E-state index contributed by atoms with van der Waals surface area (Å²) in [5.41, 5.74) is 0. The minimum Gasteiger partial charge on any atom is -0.343 e. The number of hydrogen-bond acceptors (Lipinski definition) is 4. The fraction of sp³-hybridized carbons (Fsp3) is 0.778. The molecule has 2 amide bonds. The number of likely N-dealkylation sites (N-methyl/N-ethyl adjacent to an activating group) is 2. The number of nitrogens with zero attached hydrogens (tertiary/aromatic N) is 2. The lowest BCUT2D eigenvalue weighted by molar-refractivity contribution is -0.130. The molecule has 0 atom stereocenters. The quantitative estimate of drug-likeness (QED) is 0.714. The third kappa shape index (κ3) is 3.71. The lowest BCUT2D eigenvalue weighted by Crippen LogP contribution is -2.40. The first kappa shape index (κ1) is 12.3. The van der Waals surface area contributed by atoms with E-state index in [1.807, 2.05) is 7.05 Å². The van der Waals surface area contributed by atoms with Crippen LogP contribution in [0, 0.1) is 0 Å². The third-order valence-corrected chi connectivity index (χ3v) is 3.19. The Kier molecular flexibility index (Phi) is 4.90. The molecule has 1 N–H and O–H groups in total. The Hall–Kier alpha value is -0.750. The maximum atomic E-state index is 11.6. The molecule has 0 aliphatic carbocycles. The Morgan fingerprint density at radius 3 is 2.93 bits per heavy atom. The Balaban J connectivity index is 2.31. The van der Waals surface area contributed by atoms with E-state index in [4.69, 9.17) is 0 Å². The molecule has 5 nitrogen and oxygen atoms in total. The summed E-state index contributed by atoms with van der Waals surface area (Å²) in [4.78, 5) is 26.1. The van der Waals surface area contributed by atoms with Gasteiger partial charge in [-0.1, -0.05) is 11.8 Å². The van der Waals surface area contributed by atoms with Gasteiger partial charge in [0.15, 0.2) is 0 Å². The van der Waals surface area contributed by atoms with Crippen molar-refractivity contribution in [3.8, 4) is 0 Å². The highest BCUT2D eigenvalue weighted by Crippen LogP contribution is 2.16. The van der Waals surface area contributed by atoms with Crippen LogP contribution in [-0.4, -0.2) is 67.0 Å². The minimum atomic E-state index is 0.00102. The van der Waals surface area contributed by atoms with Crippen molar-refractivity contribution in [2.45, 2.75) is 0 Å². The lowest BCUT2D eigenvalue weighted by Gasteiger charge is -2.20. The van der Waals surface area contributed by atoms with Crippen molar-refractivity contribution in [3.63, 3.8) is 0 Å². The number of nitrogens with one attached hydrogen (secondary N) is 1. The second-order valence-corrected chi connectivity index (χ2v) is 4.50. The van der Waals surface area contributed by atoms with Crippen LogP contribution in [0.1, 0.15) is 0 Å². The lowest BCUT2D eigenvalue weighted by atomic mass is 10.4. The van der Waals surface area contributed by atoms with E-state index < -0.39 is 0 Å². The monoisotopic (exact) mass is 231 g/mol. The van der Waals surface area contributed by atoms with E-state index in [0.29, 0.717) is 13.1 Å². The summed E-state index contributed by atoms with van der Waals surface area (Å²) < 4.78 is 0. The van der Waals surface area contributed by atoms with Crippen molar-refractivity contribution in [2.75, 3.05) is 46.0 Å². The molecule has 0 saturated carbocycles. The molecule has 0 aromatic carbocycles. The molecule has 86 valence electrons. The van der Waals surface area contributed by atoms with Gasteiger partial charge in [0.1, 0.15) is 6.54 Å². The van der Waals surface area contributed by atoms with Crippen LogP contribution in [0.25, 0.3) is 0 Å². The van der Waals surface area contributed by atoms with Gasteiger partial charge in [-0.05, 0) is 7.05 Å². The van der Waals surface area contributed by atoms with Gasteiger partial charge in [-0.2, -0.15) is 0 Å². The van der Waals surface area contributed by atoms with Crippen molar-refractivity contribution < 1.29 is 9.59 Å². The minimum absolute atomic E-state index is 0.00102. The predicted octanol–water partition coefficient (Wildman–Crippen LogP) is -0.167. The summed E-state index contributed by atoms with van der Waals surface area (Å²) >= 11 is 1.28. The molecule has 15 heavy (non-hydrogen) atoms. The molecule has 1 fully saturated rings. The van der Waals surface area contributed by atoms with Crippen molar-refractivity contribution in [3.05, 3.63) is 0 Å². The van der Waals surface area contributed by atoms with E-state index in [-0.39, 0.29) is 17.7 Å². The first-order valence-electron chi connectivity index (χ1n) is 4.95. The summed E-state index contributed by atoms with van der Waals surface area (Å²) in [6.07, 6.45) is 0.